The van der Waals surface area contributed by atoms with Gasteiger partial charge in [0.1, 0.15) is 17.3 Å². The number of anilines is 1. The molecule has 0 aliphatic rings. The van der Waals surface area contributed by atoms with E-state index in [0.717, 1.165) is 5.69 Å². The second-order valence-electron chi connectivity index (χ2n) is 4.53. The average Bonchev–Trinajstić information content (AvgIpc) is 2.76. The smallest absolute Gasteiger partial charge is 0.232 e. The molecular formula is C15H18N2O4. The standard InChI is InChI=1S/C15H18N2O4/c1-9-14(21-10(2)16-9)8-15(18)17-12-7-11(19-3)5-6-13(12)20-4/h5-7H,8H2,1-4H3,(H,17,18). The first kappa shape index (κ1) is 14.9. The average molecular weight is 290 g/mol. The van der Waals surface area contributed by atoms with E-state index in [1.54, 1.807) is 39.3 Å². The Kier molecular flexibility index (Phi) is 4.47. The fourth-order valence-electron chi connectivity index (χ4n) is 1.99. The molecule has 21 heavy (non-hydrogen) atoms. The van der Waals surface area contributed by atoms with Gasteiger partial charge in [0, 0.05) is 13.0 Å². The summed E-state index contributed by atoms with van der Waals surface area (Å²) in [6.07, 6.45) is 0.118. The first-order valence-corrected chi connectivity index (χ1v) is 6.48. The first-order chi connectivity index (χ1) is 10.0. The molecule has 1 heterocycles. The lowest BCUT2D eigenvalue weighted by Gasteiger charge is -2.11. The van der Waals surface area contributed by atoms with Gasteiger partial charge < -0.3 is 19.2 Å². The normalized spacial score (nSPS) is 10.3. The number of rotatable bonds is 5. The summed E-state index contributed by atoms with van der Waals surface area (Å²) in [7, 11) is 3.11. The Balaban J connectivity index is 2.13. The van der Waals surface area contributed by atoms with Crippen molar-refractivity contribution in [1.29, 1.82) is 0 Å². The number of nitrogens with one attached hydrogen (secondary N) is 1. The zero-order chi connectivity index (χ0) is 15.4. The molecule has 1 N–H and O–H groups in total. The van der Waals surface area contributed by atoms with Crippen LogP contribution in [0.1, 0.15) is 17.3 Å². The number of nitrogens with zero attached hydrogens (tertiary/aromatic N) is 1. The number of aryl methyl sites for hydroxylation is 2. The molecule has 0 radical (unpaired) electrons. The van der Waals surface area contributed by atoms with Crippen LogP contribution in [0.25, 0.3) is 0 Å². The molecule has 112 valence electrons. The summed E-state index contributed by atoms with van der Waals surface area (Å²) < 4.78 is 15.8. The predicted octanol–water partition coefficient (Wildman–Crippen LogP) is 2.49. The van der Waals surface area contributed by atoms with Crippen LogP contribution in [0, 0.1) is 13.8 Å². The Labute approximate surface area is 123 Å². The fourth-order valence-corrected chi connectivity index (χ4v) is 1.99. The van der Waals surface area contributed by atoms with E-state index in [-0.39, 0.29) is 12.3 Å². The lowest BCUT2D eigenvalue weighted by molar-refractivity contribution is -0.115. The summed E-state index contributed by atoms with van der Waals surface area (Å²) in [5, 5.41) is 2.79. The Morgan fingerprint density at radius 1 is 1.29 bits per heavy atom. The number of oxazole rings is 1. The lowest BCUT2D eigenvalue weighted by Crippen LogP contribution is -2.15. The van der Waals surface area contributed by atoms with Crippen molar-refractivity contribution in [3.05, 3.63) is 35.5 Å². The highest BCUT2D eigenvalue weighted by Gasteiger charge is 2.14. The molecule has 1 aromatic carbocycles. The third-order valence-corrected chi connectivity index (χ3v) is 3.00. The summed E-state index contributed by atoms with van der Waals surface area (Å²) in [4.78, 5) is 16.3. The maximum Gasteiger partial charge on any atom is 0.232 e. The molecule has 1 aromatic heterocycles. The summed E-state index contributed by atoms with van der Waals surface area (Å²) in [5.74, 6) is 2.11. The lowest BCUT2D eigenvalue weighted by atomic mass is 10.2. The van der Waals surface area contributed by atoms with Crippen molar-refractivity contribution in [1.82, 2.24) is 4.98 Å². The molecule has 0 unspecified atom stereocenters. The number of ether oxygens (including phenoxy) is 2. The van der Waals surface area contributed by atoms with Gasteiger partial charge in [-0.25, -0.2) is 4.98 Å². The molecule has 6 nitrogen and oxygen atoms in total. The molecule has 0 saturated carbocycles. The van der Waals surface area contributed by atoms with Gasteiger partial charge in [-0.1, -0.05) is 0 Å². The van der Waals surface area contributed by atoms with Gasteiger partial charge in [0.05, 0.1) is 32.0 Å². The van der Waals surface area contributed by atoms with Crippen molar-refractivity contribution in [2.45, 2.75) is 20.3 Å². The number of aromatic nitrogens is 1. The quantitative estimate of drug-likeness (QED) is 0.915. The van der Waals surface area contributed by atoms with Crippen molar-refractivity contribution in [2.24, 2.45) is 0 Å². The highest BCUT2D eigenvalue weighted by molar-refractivity contribution is 5.93. The molecule has 2 rings (SSSR count). The molecule has 0 aliphatic heterocycles. The van der Waals surface area contributed by atoms with Gasteiger partial charge >= 0.3 is 0 Å². The Morgan fingerprint density at radius 3 is 2.62 bits per heavy atom. The van der Waals surface area contributed by atoms with Crippen LogP contribution in [-0.4, -0.2) is 25.1 Å². The van der Waals surface area contributed by atoms with Crippen LogP contribution in [0.4, 0.5) is 5.69 Å². The van der Waals surface area contributed by atoms with Crippen molar-refractivity contribution >= 4 is 11.6 Å². The van der Waals surface area contributed by atoms with E-state index in [1.165, 1.54) is 0 Å². The molecular weight excluding hydrogens is 272 g/mol. The second kappa shape index (κ2) is 6.30. The van der Waals surface area contributed by atoms with Crippen molar-refractivity contribution in [3.63, 3.8) is 0 Å². The van der Waals surface area contributed by atoms with Crippen LogP contribution in [0.15, 0.2) is 22.6 Å². The number of amides is 1. The summed E-state index contributed by atoms with van der Waals surface area (Å²) in [6, 6.07) is 5.20. The van der Waals surface area contributed by atoms with Gasteiger partial charge in [-0.2, -0.15) is 0 Å². The van der Waals surface area contributed by atoms with E-state index >= 15 is 0 Å². The van der Waals surface area contributed by atoms with Gasteiger partial charge in [0.25, 0.3) is 0 Å². The van der Waals surface area contributed by atoms with Gasteiger partial charge in [-0.3, -0.25) is 4.79 Å². The van der Waals surface area contributed by atoms with Gasteiger partial charge in [0.15, 0.2) is 5.89 Å². The van der Waals surface area contributed by atoms with Crippen LogP contribution < -0.4 is 14.8 Å². The minimum Gasteiger partial charge on any atom is -0.497 e. The zero-order valence-electron chi connectivity index (χ0n) is 12.5. The number of carbonyl (C=O) groups excluding carboxylic acids is 1. The molecule has 0 bridgehead atoms. The van der Waals surface area contributed by atoms with E-state index in [4.69, 9.17) is 13.9 Å². The zero-order valence-corrected chi connectivity index (χ0v) is 12.5. The monoisotopic (exact) mass is 290 g/mol. The predicted molar refractivity (Wildman–Crippen MR) is 77.9 cm³/mol. The van der Waals surface area contributed by atoms with E-state index in [0.29, 0.717) is 28.8 Å². The van der Waals surface area contributed by atoms with E-state index in [1.807, 2.05) is 6.92 Å². The molecule has 0 aliphatic carbocycles. The summed E-state index contributed by atoms with van der Waals surface area (Å²) in [6.45, 7) is 3.56. The van der Waals surface area contributed by atoms with Gasteiger partial charge in [-0.15, -0.1) is 0 Å². The maximum absolute atomic E-state index is 12.1. The maximum atomic E-state index is 12.1. The van der Waals surface area contributed by atoms with E-state index in [9.17, 15) is 4.79 Å². The fraction of sp³-hybridized carbons (Fsp3) is 0.333. The molecule has 0 fully saturated rings. The molecule has 0 saturated heterocycles. The Hall–Kier alpha value is -2.50. The SMILES string of the molecule is COc1ccc(OC)c(NC(=O)Cc2oc(C)nc2C)c1. The number of hydrogen-bond acceptors (Lipinski definition) is 5. The molecule has 1 amide bonds. The minimum absolute atomic E-state index is 0.118. The highest BCUT2D eigenvalue weighted by atomic mass is 16.5. The molecule has 0 atom stereocenters. The van der Waals surface area contributed by atoms with Crippen molar-refractivity contribution in [3.8, 4) is 11.5 Å². The highest BCUT2D eigenvalue weighted by Crippen LogP contribution is 2.29. The molecule has 0 spiro atoms. The van der Waals surface area contributed by atoms with Crippen LogP contribution >= 0.6 is 0 Å². The summed E-state index contributed by atoms with van der Waals surface area (Å²) in [5.41, 5.74) is 1.27. The van der Waals surface area contributed by atoms with Crippen LogP contribution in [0.5, 0.6) is 11.5 Å². The van der Waals surface area contributed by atoms with Crippen LogP contribution in [-0.2, 0) is 11.2 Å². The second-order valence-corrected chi connectivity index (χ2v) is 4.53. The number of hydrogen-bond donors (Lipinski definition) is 1. The number of benzene rings is 1. The Morgan fingerprint density at radius 2 is 2.05 bits per heavy atom. The van der Waals surface area contributed by atoms with E-state index < -0.39 is 0 Å². The van der Waals surface area contributed by atoms with Crippen LogP contribution in [0.2, 0.25) is 0 Å². The topological polar surface area (TPSA) is 73.6 Å². The minimum atomic E-state index is -0.208. The number of methoxy groups -OCH3 is 2. The summed E-state index contributed by atoms with van der Waals surface area (Å²) >= 11 is 0. The number of carbonyl (C=O) groups is 1. The van der Waals surface area contributed by atoms with Gasteiger partial charge in [-0.05, 0) is 19.1 Å². The third-order valence-electron chi connectivity index (χ3n) is 3.00. The van der Waals surface area contributed by atoms with Crippen molar-refractivity contribution in [2.75, 3.05) is 19.5 Å². The Bertz CT molecular complexity index is 649. The van der Waals surface area contributed by atoms with Crippen molar-refractivity contribution < 1.29 is 18.7 Å². The molecule has 6 heteroatoms. The van der Waals surface area contributed by atoms with Crippen LogP contribution in [0.3, 0.4) is 0 Å². The van der Waals surface area contributed by atoms with E-state index in [2.05, 4.69) is 10.3 Å². The molecule has 2 aromatic rings. The van der Waals surface area contributed by atoms with Gasteiger partial charge in [0.2, 0.25) is 5.91 Å². The largest absolute Gasteiger partial charge is 0.497 e. The first-order valence-electron chi connectivity index (χ1n) is 6.48. The third kappa shape index (κ3) is 3.53.